The van der Waals surface area contributed by atoms with Crippen molar-refractivity contribution in [3.05, 3.63) is 34.9 Å². The molecule has 16 heavy (non-hydrogen) atoms. The number of carboxylic acid groups (broad SMARTS) is 2. The Hall–Kier alpha value is -2.05. The van der Waals surface area contributed by atoms with Crippen molar-refractivity contribution >= 4 is 11.9 Å². The van der Waals surface area contributed by atoms with Crippen molar-refractivity contribution in [2.75, 3.05) is 0 Å². The average Bonchev–Trinajstić information content (AvgIpc) is 2.14. The summed E-state index contributed by atoms with van der Waals surface area (Å²) in [6, 6.07) is 2.18. The first-order valence-corrected chi connectivity index (χ1v) is 3.92. The highest BCUT2D eigenvalue weighted by molar-refractivity contribution is 6.02. The molecule has 1 aromatic carbocycles. The van der Waals surface area contributed by atoms with Gasteiger partial charge in [-0.25, -0.2) is 9.59 Å². The van der Waals surface area contributed by atoms with Crippen LogP contribution < -0.4 is 0 Å². The molecule has 0 aliphatic carbocycles. The second-order valence-corrected chi connectivity index (χ2v) is 2.84. The van der Waals surface area contributed by atoms with Crippen LogP contribution in [0.25, 0.3) is 0 Å². The fourth-order valence-electron chi connectivity index (χ4n) is 1.20. The number of alkyl halides is 3. The molecule has 0 aromatic heterocycles. The molecule has 1 rings (SSSR count). The van der Waals surface area contributed by atoms with Gasteiger partial charge < -0.3 is 10.2 Å². The molecule has 0 radical (unpaired) electrons. The quantitative estimate of drug-likeness (QED) is 0.821. The van der Waals surface area contributed by atoms with E-state index in [1.54, 1.807) is 0 Å². The summed E-state index contributed by atoms with van der Waals surface area (Å²) < 4.78 is 37.2. The Kier molecular flexibility index (Phi) is 2.88. The van der Waals surface area contributed by atoms with Crippen molar-refractivity contribution in [3.63, 3.8) is 0 Å². The molecular formula is C9H5F3O4. The van der Waals surface area contributed by atoms with Crippen LogP contribution in [0.5, 0.6) is 0 Å². The lowest BCUT2D eigenvalue weighted by molar-refractivity contribution is -0.138. The largest absolute Gasteiger partial charge is 0.478 e. The zero-order valence-corrected chi connectivity index (χ0v) is 7.58. The summed E-state index contributed by atoms with van der Waals surface area (Å²) in [7, 11) is 0. The zero-order chi connectivity index (χ0) is 12.5. The molecule has 86 valence electrons. The Bertz CT molecular complexity index is 451. The van der Waals surface area contributed by atoms with Gasteiger partial charge in [0, 0.05) is 0 Å². The summed E-state index contributed by atoms with van der Waals surface area (Å²) >= 11 is 0. The summed E-state index contributed by atoms with van der Waals surface area (Å²) in [5.74, 6) is -3.64. The highest BCUT2D eigenvalue weighted by atomic mass is 19.4. The molecule has 0 aliphatic rings. The summed E-state index contributed by atoms with van der Waals surface area (Å²) in [5, 5.41) is 17.2. The van der Waals surface area contributed by atoms with E-state index in [4.69, 9.17) is 10.2 Å². The smallest absolute Gasteiger partial charge is 0.417 e. The van der Waals surface area contributed by atoms with Gasteiger partial charge in [0.25, 0.3) is 0 Å². The van der Waals surface area contributed by atoms with Crippen molar-refractivity contribution in [3.8, 4) is 0 Å². The van der Waals surface area contributed by atoms with Gasteiger partial charge in [0.1, 0.15) is 0 Å². The minimum absolute atomic E-state index is 0.524. The fraction of sp³-hybridized carbons (Fsp3) is 0.111. The zero-order valence-electron chi connectivity index (χ0n) is 7.58. The number of halogens is 3. The molecular weight excluding hydrogens is 229 g/mol. The van der Waals surface area contributed by atoms with Crippen LogP contribution in [0.2, 0.25) is 0 Å². The molecule has 4 nitrogen and oxygen atoms in total. The second kappa shape index (κ2) is 3.84. The monoisotopic (exact) mass is 234 g/mol. The number of carboxylic acids is 2. The van der Waals surface area contributed by atoms with Crippen LogP contribution in [0.1, 0.15) is 26.3 Å². The van der Waals surface area contributed by atoms with Gasteiger partial charge in [-0.15, -0.1) is 0 Å². The Balaban J connectivity index is 3.58. The van der Waals surface area contributed by atoms with Crippen LogP contribution in [0.3, 0.4) is 0 Å². The van der Waals surface area contributed by atoms with Crippen LogP contribution >= 0.6 is 0 Å². The molecule has 0 saturated heterocycles. The third-order valence-corrected chi connectivity index (χ3v) is 1.81. The molecule has 0 amide bonds. The maximum atomic E-state index is 12.4. The van der Waals surface area contributed by atoms with Gasteiger partial charge in [0.05, 0.1) is 16.7 Å². The van der Waals surface area contributed by atoms with Gasteiger partial charge in [-0.05, 0) is 12.1 Å². The van der Waals surface area contributed by atoms with E-state index in [-0.39, 0.29) is 0 Å². The van der Waals surface area contributed by atoms with E-state index in [0.717, 1.165) is 12.1 Å². The molecule has 0 aliphatic heterocycles. The Morgan fingerprint density at radius 3 is 2.00 bits per heavy atom. The van der Waals surface area contributed by atoms with E-state index in [9.17, 15) is 22.8 Å². The minimum Gasteiger partial charge on any atom is -0.478 e. The van der Waals surface area contributed by atoms with E-state index < -0.39 is 34.8 Å². The van der Waals surface area contributed by atoms with Gasteiger partial charge in [-0.3, -0.25) is 0 Å². The average molecular weight is 234 g/mol. The molecule has 0 saturated carbocycles. The number of hydrogen-bond donors (Lipinski definition) is 2. The fourth-order valence-corrected chi connectivity index (χ4v) is 1.20. The molecule has 0 atom stereocenters. The summed E-state index contributed by atoms with van der Waals surface area (Å²) in [6.45, 7) is 0. The summed E-state index contributed by atoms with van der Waals surface area (Å²) in [6.07, 6.45) is -4.90. The third-order valence-electron chi connectivity index (χ3n) is 1.81. The van der Waals surface area contributed by atoms with Crippen molar-refractivity contribution in [2.45, 2.75) is 6.18 Å². The lowest BCUT2D eigenvalue weighted by atomic mass is 10.0. The topological polar surface area (TPSA) is 74.6 Å². The van der Waals surface area contributed by atoms with Gasteiger partial charge >= 0.3 is 18.1 Å². The molecule has 1 aromatic rings. The predicted molar refractivity (Wildman–Crippen MR) is 45.4 cm³/mol. The van der Waals surface area contributed by atoms with E-state index in [2.05, 4.69) is 0 Å². The Morgan fingerprint density at radius 2 is 1.62 bits per heavy atom. The molecule has 0 unspecified atom stereocenters. The third kappa shape index (κ3) is 2.13. The predicted octanol–water partition coefficient (Wildman–Crippen LogP) is 2.10. The minimum atomic E-state index is -4.90. The second-order valence-electron chi connectivity index (χ2n) is 2.84. The molecule has 2 N–H and O–H groups in total. The SMILES string of the molecule is O=C(O)c1cccc(C(F)(F)F)c1C(=O)O. The van der Waals surface area contributed by atoms with Crippen molar-refractivity contribution in [1.29, 1.82) is 0 Å². The highest BCUT2D eigenvalue weighted by Crippen LogP contribution is 2.33. The first kappa shape index (κ1) is 12.0. The van der Waals surface area contributed by atoms with Crippen LogP contribution in [0.15, 0.2) is 18.2 Å². The molecule has 0 spiro atoms. The van der Waals surface area contributed by atoms with E-state index in [1.807, 2.05) is 0 Å². The van der Waals surface area contributed by atoms with E-state index in [1.165, 1.54) is 0 Å². The number of rotatable bonds is 2. The van der Waals surface area contributed by atoms with Crippen molar-refractivity contribution in [2.24, 2.45) is 0 Å². The van der Waals surface area contributed by atoms with Gasteiger partial charge in [0.15, 0.2) is 0 Å². The lowest BCUT2D eigenvalue weighted by Crippen LogP contribution is -2.17. The molecule has 0 heterocycles. The maximum Gasteiger partial charge on any atom is 0.417 e. The number of carbonyl (C=O) groups is 2. The summed E-state index contributed by atoms with van der Waals surface area (Å²) in [5.41, 5.74) is -3.61. The Labute approximate surface area is 86.9 Å². The molecule has 0 bridgehead atoms. The summed E-state index contributed by atoms with van der Waals surface area (Å²) in [4.78, 5) is 21.2. The van der Waals surface area contributed by atoms with E-state index in [0.29, 0.717) is 6.07 Å². The standard InChI is InChI=1S/C9H5F3O4/c10-9(11,12)5-3-1-2-4(7(13)14)6(5)8(15)16/h1-3H,(H,13,14)(H,15,16). The normalized spacial score (nSPS) is 11.2. The first-order valence-electron chi connectivity index (χ1n) is 3.92. The molecule has 0 fully saturated rings. The van der Waals surface area contributed by atoms with Crippen molar-refractivity contribution in [1.82, 2.24) is 0 Å². The van der Waals surface area contributed by atoms with Crippen LogP contribution in [0.4, 0.5) is 13.2 Å². The van der Waals surface area contributed by atoms with Crippen LogP contribution in [0, 0.1) is 0 Å². The maximum absolute atomic E-state index is 12.4. The van der Waals surface area contributed by atoms with Gasteiger partial charge in [-0.1, -0.05) is 6.07 Å². The number of benzene rings is 1. The van der Waals surface area contributed by atoms with Crippen LogP contribution in [-0.2, 0) is 6.18 Å². The lowest BCUT2D eigenvalue weighted by Gasteiger charge is -2.11. The highest BCUT2D eigenvalue weighted by Gasteiger charge is 2.37. The van der Waals surface area contributed by atoms with Gasteiger partial charge in [0.2, 0.25) is 0 Å². The van der Waals surface area contributed by atoms with Crippen molar-refractivity contribution < 1.29 is 33.0 Å². The number of aromatic carboxylic acids is 2. The first-order chi connectivity index (χ1) is 7.25. The Morgan fingerprint density at radius 1 is 1.06 bits per heavy atom. The number of hydrogen-bond acceptors (Lipinski definition) is 2. The van der Waals surface area contributed by atoms with Crippen LogP contribution in [-0.4, -0.2) is 22.2 Å². The van der Waals surface area contributed by atoms with Gasteiger partial charge in [-0.2, -0.15) is 13.2 Å². The molecule has 7 heteroatoms. The van der Waals surface area contributed by atoms with E-state index >= 15 is 0 Å².